The molecule has 0 fully saturated rings. The van der Waals surface area contributed by atoms with Gasteiger partial charge in [0.15, 0.2) is 17.1 Å². The molecule has 8 aromatic heterocycles. The third-order valence-electron chi connectivity index (χ3n) is 12.1. The van der Waals surface area contributed by atoms with Gasteiger partial charge < -0.3 is 13.7 Å². The normalized spacial score (nSPS) is 12.5. The lowest BCUT2D eigenvalue weighted by Crippen LogP contribution is -2.11. The summed E-state index contributed by atoms with van der Waals surface area (Å²) in [5.41, 5.74) is 11.3. The Morgan fingerprint density at radius 2 is 1.04 bits per heavy atom. The van der Waals surface area contributed by atoms with E-state index in [9.17, 15) is 4.79 Å². The Balaban J connectivity index is 0.000000128. The summed E-state index contributed by atoms with van der Waals surface area (Å²) in [7, 11) is 0. The van der Waals surface area contributed by atoms with Gasteiger partial charge in [0.05, 0.1) is 46.7 Å². The second-order valence-electron chi connectivity index (χ2n) is 19.5. The minimum Gasteiger partial charge on any atom is -0.328 e. The van der Waals surface area contributed by atoms with Crippen LogP contribution in [0.4, 0.5) is 0 Å². The smallest absolute Gasteiger partial charge is 0.204 e. The van der Waals surface area contributed by atoms with Crippen molar-refractivity contribution < 1.29 is 4.79 Å². The number of pyridine rings is 2. The molecule has 10 aromatic rings. The van der Waals surface area contributed by atoms with E-state index in [-0.39, 0.29) is 11.7 Å². The molecule has 16 heteroatoms. The van der Waals surface area contributed by atoms with Gasteiger partial charge >= 0.3 is 0 Å². The van der Waals surface area contributed by atoms with E-state index < -0.39 is 0 Å². The van der Waals surface area contributed by atoms with Crippen LogP contribution in [-0.2, 0) is 6.42 Å². The lowest BCUT2D eigenvalue weighted by atomic mass is 10.0. The van der Waals surface area contributed by atoms with Crippen LogP contribution in [-0.4, -0.2) is 79.0 Å². The van der Waals surface area contributed by atoms with E-state index in [0.717, 1.165) is 45.9 Å². The third-order valence-corrected chi connectivity index (χ3v) is 12.1. The molecule has 9 heterocycles. The minimum absolute atomic E-state index is 0.0434. The van der Waals surface area contributed by atoms with E-state index in [2.05, 4.69) is 158 Å². The van der Waals surface area contributed by atoms with Crippen molar-refractivity contribution in [2.75, 3.05) is 0 Å². The van der Waals surface area contributed by atoms with Crippen molar-refractivity contribution in [2.45, 2.75) is 126 Å². The number of para-hydroxylation sites is 4. The Labute approximate surface area is 428 Å². The molecule has 2 aromatic carbocycles. The van der Waals surface area contributed by atoms with E-state index >= 15 is 0 Å². The van der Waals surface area contributed by atoms with Crippen LogP contribution in [0.2, 0.25) is 0 Å². The fourth-order valence-corrected chi connectivity index (χ4v) is 8.23. The second-order valence-corrected chi connectivity index (χ2v) is 19.5. The van der Waals surface area contributed by atoms with Crippen LogP contribution in [0.15, 0.2) is 135 Å². The van der Waals surface area contributed by atoms with Crippen molar-refractivity contribution in [3.05, 3.63) is 163 Å². The Kier molecular flexibility index (Phi) is 17.7. The largest absolute Gasteiger partial charge is 0.328 e. The number of ketones is 1. The highest BCUT2D eigenvalue weighted by molar-refractivity contribution is 5.96. The number of Topliss-reactive ketones (excluding diaryl/α,β-unsaturated/α-hetero) is 1. The lowest BCUT2D eigenvalue weighted by Gasteiger charge is -2.09. The molecule has 0 unspecified atom stereocenters. The average molecular weight is 980 g/mol. The first-order valence-electron chi connectivity index (χ1n) is 25.2. The summed E-state index contributed by atoms with van der Waals surface area (Å²) in [6.45, 7) is 25.5. The van der Waals surface area contributed by atoms with Crippen LogP contribution >= 0.6 is 0 Å². The number of benzene rings is 2. The number of imidazole rings is 3. The molecule has 378 valence electrons. The van der Waals surface area contributed by atoms with Crippen LogP contribution in [0.25, 0.3) is 50.7 Å². The molecule has 0 bridgehead atoms. The first-order chi connectivity index (χ1) is 35.1. The highest BCUT2D eigenvalue weighted by Crippen LogP contribution is 2.30. The number of rotatable bonds is 6. The van der Waals surface area contributed by atoms with E-state index in [0.29, 0.717) is 42.2 Å². The first kappa shape index (κ1) is 52.8. The molecule has 12 rings (SSSR count). The van der Waals surface area contributed by atoms with Gasteiger partial charge in [-0.3, -0.25) is 14.3 Å². The number of carbonyl (C=O) groups excluding carboxylic acids is 1. The van der Waals surface area contributed by atoms with Crippen molar-refractivity contribution in [2.24, 2.45) is 5.92 Å². The predicted molar refractivity (Wildman–Crippen MR) is 292 cm³/mol. The van der Waals surface area contributed by atoms with Crippen molar-refractivity contribution in [3.63, 3.8) is 0 Å². The van der Waals surface area contributed by atoms with Gasteiger partial charge in [0.2, 0.25) is 11.6 Å². The third kappa shape index (κ3) is 12.7. The maximum absolute atomic E-state index is 11.3. The summed E-state index contributed by atoms with van der Waals surface area (Å²) >= 11 is 0. The van der Waals surface area contributed by atoms with Gasteiger partial charge in [0.1, 0.15) is 11.3 Å². The van der Waals surface area contributed by atoms with Gasteiger partial charge in [-0.05, 0) is 120 Å². The van der Waals surface area contributed by atoms with Gasteiger partial charge in [-0.1, -0.05) is 84.0 Å². The molecule has 0 radical (unpaired) electrons. The predicted octanol–water partition coefficient (Wildman–Crippen LogP) is 12.6. The Hall–Kier alpha value is -8.01. The van der Waals surface area contributed by atoms with Gasteiger partial charge in [-0.15, -0.1) is 20.4 Å². The van der Waals surface area contributed by atoms with E-state index in [1.54, 1.807) is 21.5 Å². The highest BCUT2D eigenvalue weighted by atomic mass is 16.1. The van der Waals surface area contributed by atoms with Gasteiger partial charge in [-0.2, -0.15) is 9.61 Å². The fraction of sp³-hybridized carbons (Fsp3) is 0.351. The number of aromatic nitrogens is 15. The average Bonchev–Trinajstić information content (AvgIpc) is 4.25. The van der Waals surface area contributed by atoms with E-state index in [1.807, 2.05) is 118 Å². The number of hydrogen-bond acceptors (Lipinski definition) is 11. The van der Waals surface area contributed by atoms with Crippen molar-refractivity contribution in [1.82, 2.24) is 73.2 Å². The quantitative estimate of drug-likeness (QED) is 0.155. The summed E-state index contributed by atoms with van der Waals surface area (Å²) in [4.78, 5) is 32.8. The fourth-order valence-electron chi connectivity index (χ4n) is 8.23. The summed E-state index contributed by atoms with van der Waals surface area (Å²) in [6, 6.07) is 29.6. The first-order valence-corrected chi connectivity index (χ1v) is 25.2. The molecule has 73 heavy (non-hydrogen) atoms. The zero-order valence-corrected chi connectivity index (χ0v) is 44.3. The molecular weight excluding hydrogens is 911 g/mol. The lowest BCUT2D eigenvalue weighted by molar-refractivity contribution is 0.0982. The zero-order valence-electron chi connectivity index (χ0n) is 44.3. The number of hydrogen-bond donors (Lipinski definition) is 0. The molecule has 0 amide bonds. The van der Waals surface area contributed by atoms with Gasteiger partial charge in [0.25, 0.3) is 0 Å². The monoisotopic (exact) mass is 980 g/mol. The highest BCUT2D eigenvalue weighted by Gasteiger charge is 2.21. The molecule has 16 nitrogen and oxygen atoms in total. The summed E-state index contributed by atoms with van der Waals surface area (Å²) in [5.74, 6) is 3.51. The Morgan fingerprint density at radius 3 is 1.66 bits per heavy atom. The van der Waals surface area contributed by atoms with Crippen LogP contribution in [0.1, 0.15) is 153 Å². The summed E-state index contributed by atoms with van der Waals surface area (Å²) in [5, 5.41) is 20.0. The Morgan fingerprint density at radius 1 is 0.493 bits per heavy atom. The van der Waals surface area contributed by atoms with Crippen LogP contribution in [0.5, 0.6) is 0 Å². The van der Waals surface area contributed by atoms with Crippen molar-refractivity contribution >= 4 is 56.4 Å². The second kappa shape index (κ2) is 24.4. The zero-order chi connectivity index (χ0) is 52.2. The maximum Gasteiger partial charge on any atom is 0.204 e. The molecular formula is C57H69N15O. The topological polar surface area (TPSA) is 170 Å². The molecule has 1 aliphatic carbocycles. The molecule has 0 atom stereocenters. The van der Waals surface area contributed by atoms with E-state index in [1.165, 1.54) is 27.9 Å². The molecule has 0 saturated carbocycles. The van der Waals surface area contributed by atoms with Crippen LogP contribution < -0.4 is 0 Å². The molecule has 0 spiro atoms. The van der Waals surface area contributed by atoms with Crippen molar-refractivity contribution in [3.8, 4) is 0 Å². The number of allylic oxidation sites excluding steroid dienone is 3. The Bertz CT molecular complexity index is 3120. The molecule has 1 aliphatic heterocycles. The summed E-state index contributed by atoms with van der Waals surface area (Å²) in [6.07, 6.45) is 18.5. The molecule has 0 N–H and O–H groups in total. The van der Waals surface area contributed by atoms with Gasteiger partial charge in [-0.25, -0.2) is 19.9 Å². The molecule has 2 aliphatic rings. The molecule has 0 saturated heterocycles. The van der Waals surface area contributed by atoms with Crippen LogP contribution in [0.3, 0.4) is 0 Å². The SMILES string of the molecule is CC(C)C1=CCc2cccnc21.CC(C)c1nnc2cccnn12.CC(C)c1nnc2n1C=CCC2=O.CC(C)n1cnc2ccccc21.CC(C)n1cnc2ccccc21.CC(C)n1cnc2cccnc21. The number of nitrogens with zero attached hydrogens (tertiary/aromatic N) is 15. The number of fused-ring (bicyclic) bond motifs is 6. The standard InChI is InChI=1S/C11H13N.2C10H12N2.C9H11N3O.C9H11N3.C8H10N4/c1-8(2)10-6-5-9-4-3-7-12-11(9)10;2*1-8(2)12-7-11-9-5-3-4-6-10(9)12;1-6(2)8-10-11-9-7(13)4-3-5-12(8)9;1-7(2)12-6-11-8-4-3-5-10-9(8)12;1-6(2)8-11-10-7-4-3-5-9-12(7)8/h3-4,6-8H,5H2,1-2H3;2*3-8H,1-2H3;3,5-6H,4H2,1-2H3;3-7H,1-2H3;3-6H,1-2H3. The van der Waals surface area contributed by atoms with E-state index in [4.69, 9.17) is 0 Å². The summed E-state index contributed by atoms with van der Waals surface area (Å²) < 4.78 is 9.96. The maximum atomic E-state index is 11.3. The number of carbonyl (C=O) groups is 1. The van der Waals surface area contributed by atoms with Crippen molar-refractivity contribution in [1.29, 1.82) is 0 Å². The van der Waals surface area contributed by atoms with Crippen LogP contribution in [0, 0.1) is 5.92 Å². The van der Waals surface area contributed by atoms with Gasteiger partial charge in [0, 0.05) is 61.2 Å². The minimum atomic E-state index is 0.0434.